The number of rotatable bonds is 8. The lowest BCUT2D eigenvalue weighted by Gasteiger charge is -2.22. The molecule has 0 amide bonds. The fraction of sp³-hybridized carbons (Fsp3) is 0.0323. The van der Waals surface area contributed by atoms with Gasteiger partial charge in [0.2, 0.25) is 0 Å². The van der Waals surface area contributed by atoms with Crippen LogP contribution in [0.15, 0.2) is 212 Å². The molecule has 0 radical (unpaired) electrons. The Balaban J connectivity index is 1.26. The zero-order valence-electron chi connectivity index (χ0n) is 37.6. The molecule has 0 fully saturated rings. The average molecular weight is 910 g/mol. The normalized spacial score (nSPS) is 11.4. The quantitative estimate of drug-likeness (QED) is 0.143. The molecule has 9 aromatic carbocycles. The number of benzene rings is 9. The second-order valence-corrected chi connectivity index (χ2v) is 17.2. The lowest BCUT2D eigenvalue weighted by Crippen LogP contribution is -2.06. The van der Waals surface area contributed by atoms with E-state index in [4.69, 9.17) is 16.5 Å². The Kier molecular flexibility index (Phi) is 10.9. The minimum Gasteiger partial charge on any atom is -0.308 e. The van der Waals surface area contributed by atoms with E-state index < -0.39 is 11.7 Å². The summed E-state index contributed by atoms with van der Waals surface area (Å²) >= 11 is 0. The van der Waals surface area contributed by atoms with Crippen molar-refractivity contribution in [2.45, 2.75) is 13.1 Å². The van der Waals surface area contributed by atoms with E-state index in [0.29, 0.717) is 50.8 Å². The summed E-state index contributed by atoms with van der Waals surface area (Å²) in [4.78, 5) is 13.8. The van der Waals surface area contributed by atoms with Gasteiger partial charge >= 0.3 is 6.18 Å². The first-order chi connectivity index (χ1) is 34.1. The second-order valence-electron chi connectivity index (χ2n) is 17.2. The van der Waals surface area contributed by atoms with Crippen LogP contribution in [0.25, 0.3) is 111 Å². The number of nitrogens with zero attached hydrogens (tertiary/aromatic N) is 5. The van der Waals surface area contributed by atoms with Crippen LogP contribution in [0.4, 0.5) is 18.9 Å². The first kappa shape index (κ1) is 43.2. The van der Waals surface area contributed by atoms with Crippen LogP contribution in [0.3, 0.4) is 0 Å². The van der Waals surface area contributed by atoms with E-state index >= 15 is 0 Å². The Bertz CT molecular complexity index is 3710. The zero-order valence-corrected chi connectivity index (χ0v) is 37.6. The highest BCUT2D eigenvalue weighted by Gasteiger charge is 2.31. The van der Waals surface area contributed by atoms with E-state index in [2.05, 4.69) is 51.9 Å². The van der Waals surface area contributed by atoms with Crippen molar-refractivity contribution >= 4 is 27.5 Å². The minimum absolute atomic E-state index is 0.377. The lowest BCUT2D eigenvalue weighted by molar-refractivity contribution is -0.137. The van der Waals surface area contributed by atoms with Crippen molar-refractivity contribution in [1.82, 2.24) is 14.5 Å². The molecule has 0 unspecified atom stereocenters. The third kappa shape index (κ3) is 8.14. The van der Waals surface area contributed by atoms with E-state index in [-0.39, 0.29) is 0 Å². The molecule has 0 bridgehead atoms. The fourth-order valence-electron chi connectivity index (χ4n) is 9.30. The van der Waals surface area contributed by atoms with Crippen molar-refractivity contribution in [1.29, 1.82) is 5.26 Å². The highest BCUT2D eigenvalue weighted by Crippen LogP contribution is 2.46. The first-order valence-corrected chi connectivity index (χ1v) is 22.6. The standard InChI is InChI=1S/C62H38F3N5/c1-39-11-9-16-47(31-39)52-35-49(57-37-56(43-12-5-3-6-13-43)68-61(69-57)44-14-7-4-8-15-44)36-53(48-17-10-18-50(32-48)62(63,64)65)60(52)70-58-29-25-45(41-21-19-40(38-66)20-22-41)33-54(58)55-34-46(26-30-59(55)70)42-23-27-51(67-2)28-24-42/h3-37H,1H3. The molecular formula is C62H38F3N5. The summed E-state index contributed by atoms with van der Waals surface area (Å²) < 4.78 is 46.6. The Morgan fingerprint density at radius 1 is 0.486 bits per heavy atom. The number of aryl methyl sites for hydroxylation is 1. The third-order valence-electron chi connectivity index (χ3n) is 12.7. The first-order valence-electron chi connectivity index (χ1n) is 22.6. The van der Waals surface area contributed by atoms with Gasteiger partial charge in [-0.15, -0.1) is 0 Å². The highest BCUT2D eigenvalue weighted by atomic mass is 19.4. The third-order valence-corrected chi connectivity index (χ3v) is 12.7. The van der Waals surface area contributed by atoms with Gasteiger partial charge in [-0.3, -0.25) is 0 Å². The molecule has 0 aliphatic heterocycles. The van der Waals surface area contributed by atoms with E-state index in [1.807, 2.05) is 134 Å². The molecule has 0 aliphatic carbocycles. The molecule has 11 aromatic rings. The van der Waals surface area contributed by atoms with E-state index in [0.717, 1.165) is 77.9 Å². The van der Waals surface area contributed by atoms with Crippen molar-refractivity contribution in [3.05, 3.63) is 240 Å². The molecule has 70 heavy (non-hydrogen) atoms. The second kappa shape index (κ2) is 17.7. The number of hydrogen-bond acceptors (Lipinski definition) is 3. The number of hydrogen-bond donors (Lipinski definition) is 0. The predicted molar refractivity (Wildman–Crippen MR) is 275 cm³/mol. The molecular weight excluding hydrogens is 872 g/mol. The van der Waals surface area contributed by atoms with Crippen LogP contribution >= 0.6 is 0 Å². The summed E-state index contributed by atoms with van der Waals surface area (Å²) in [7, 11) is 0. The summed E-state index contributed by atoms with van der Waals surface area (Å²) in [6, 6.07) is 69.0. The number of halogens is 3. The molecule has 2 heterocycles. The van der Waals surface area contributed by atoms with Gasteiger partial charge in [0.1, 0.15) is 0 Å². The van der Waals surface area contributed by atoms with Gasteiger partial charge in [0, 0.05) is 38.6 Å². The van der Waals surface area contributed by atoms with Crippen LogP contribution in [0.2, 0.25) is 0 Å². The molecule has 0 aliphatic rings. The maximum absolute atomic E-state index is 14.8. The number of alkyl halides is 3. The molecule has 0 saturated carbocycles. The topological polar surface area (TPSA) is 58.9 Å². The van der Waals surface area contributed by atoms with Crippen LogP contribution in [-0.2, 0) is 6.18 Å². The Labute approximate surface area is 402 Å². The van der Waals surface area contributed by atoms with Gasteiger partial charge in [-0.2, -0.15) is 18.4 Å². The van der Waals surface area contributed by atoms with Gasteiger partial charge in [-0.25, -0.2) is 14.8 Å². The van der Waals surface area contributed by atoms with Crippen molar-refractivity contribution in [2.75, 3.05) is 0 Å². The molecule has 0 saturated heterocycles. The highest BCUT2D eigenvalue weighted by molar-refractivity contribution is 6.13. The van der Waals surface area contributed by atoms with Crippen LogP contribution in [0, 0.1) is 24.8 Å². The number of nitriles is 1. The van der Waals surface area contributed by atoms with E-state index in [9.17, 15) is 18.4 Å². The molecule has 0 atom stereocenters. The van der Waals surface area contributed by atoms with Crippen molar-refractivity contribution in [3.8, 4) is 90.2 Å². The number of aromatic nitrogens is 3. The maximum Gasteiger partial charge on any atom is 0.416 e. The van der Waals surface area contributed by atoms with Crippen LogP contribution in [0.5, 0.6) is 0 Å². The SMILES string of the molecule is [C-]#[N+]c1ccc(-c2ccc3c(c2)c2cc(-c4ccc(C#N)cc4)ccc2n3-c2c(-c3cccc(C)c3)cc(-c3cc(-c4ccccc4)nc(-c4ccccc4)n3)cc2-c2cccc(C(F)(F)F)c2)cc1. The van der Waals surface area contributed by atoms with Gasteiger partial charge in [0.15, 0.2) is 11.5 Å². The summed E-state index contributed by atoms with van der Waals surface area (Å²) in [5.41, 5.74) is 13.7. The predicted octanol–water partition coefficient (Wildman–Crippen LogP) is 17.0. The molecule has 2 aromatic heterocycles. The minimum atomic E-state index is -4.60. The summed E-state index contributed by atoms with van der Waals surface area (Å²) in [6.07, 6.45) is -4.60. The largest absolute Gasteiger partial charge is 0.416 e. The van der Waals surface area contributed by atoms with Crippen molar-refractivity contribution in [3.63, 3.8) is 0 Å². The van der Waals surface area contributed by atoms with Gasteiger partial charge in [0.25, 0.3) is 0 Å². The lowest BCUT2D eigenvalue weighted by atomic mass is 9.90. The van der Waals surface area contributed by atoms with E-state index in [1.165, 1.54) is 12.1 Å². The molecule has 5 nitrogen and oxygen atoms in total. The summed E-state index contributed by atoms with van der Waals surface area (Å²) in [6.45, 7) is 9.55. The van der Waals surface area contributed by atoms with Gasteiger partial charge < -0.3 is 4.57 Å². The summed E-state index contributed by atoms with van der Waals surface area (Å²) in [5, 5.41) is 11.4. The Morgan fingerprint density at radius 2 is 1.00 bits per heavy atom. The molecule has 332 valence electrons. The molecule has 11 rings (SSSR count). The number of fused-ring (bicyclic) bond motifs is 3. The zero-order chi connectivity index (χ0) is 47.9. The monoisotopic (exact) mass is 909 g/mol. The summed E-state index contributed by atoms with van der Waals surface area (Å²) in [5.74, 6) is 0.513. The van der Waals surface area contributed by atoms with E-state index in [1.54, 1.807) is 30.3 Å². The van der Waals surface area contributed by atoms with Crippen molar-refractivity contribution < 1.29 is 13.2 Å². The smallest absolute Gasteiger partial charge is 0.308 e. The van der Waals surface area contributed by atoms with Gasteiger partial charge in [-0.1, -0.05) is 151 Å². The van der Waals surface area contributed by atoms with Crippen molar-refractivity contribution in [2.24, 2.45) is 0 Å². The Morgan fingerprint density at radius 3 is 1.56 bits per heavy atom. The molecule has 0 spiro atoms. The van der Waals surface area contributed by atoms with Gasteiger partial charge in [-0.05, 0) is 107 Å². The Hall–Kier alpha value is -9.37. The average Bonchev–Trinajstić information content (AvgIpc) is 3.73. The van der Waals surface area contributed by atoms with Crippen LogP contribution in [0.1, 0.15) is 16.7 Å². The molecule has 0 N–H and O–H groups in total. The fourth-order valence-corrected chi connectivity index (χ4v) is 9.30. The van der Waals surface area contributed by atoms with Gasteiger partial charge in [0.05, 0.1) is 51.9 Å². The van der Waals surface area contributed by atoms with Crippen LogP contribution in [-0.4, -0.2) is 14.5 Å². The maximum atomic E-state index is 14.8. The van der Waals surface area contributed by atoms with Crippen LogP contribution < -0.4 is 0 Å². The molecule has 8 heteroatoms.